The Morgan fingerprint density at radius 2 is 2.04 bits per heavy atom. The van der Waals surface area contributed by atoms with E-state index in [1.807, 2.05) is 17.9 Å². The van der Waals surface area contributed by atoms with Crippen LogP contribution in [0, 0.1) is 6.92 Å². The molecule has 4 rings (SSSR count). The number of hydrogen-bond acceptors (Lipinski definition) is 6. The van der Waals surface area contributed by atoms with Crippen LogP contribution < -0.4 is 10.2 Å². The van der Waals surface area contributed by atoms with Crippen molar-refractivity contribution in [3.8, 4) is 0 Å². The maximum absolute atomic E-state index is 12.6. The van der Waals surface area contributed by atoms with Crippen molar-refractivity contribution < 1.29 is 4.79 Å². The molecule has 0 unspecified atom stereocenters. The van der Waals surface area contributed by atoms with Gasteiger partial charge in [0.15, 0.2) is 5.13 Å². The summed E-state index contributed by atoms with van der Waals surface area (Å²) in [5.41, 5.74) is 2.15. The number of rotatable bonds is 3. The Morgan fingerprint density at radius 1 is 1.26 bits per heavy atom. The predicted octanol–water partition coefficient (Wildman–Crippen LogP) is 3.25. The number of fused-ring (bicyclic) bond motifs is 1. The monoisotopic (exact) mass is 386 g/mol. The van der Waals surface area contributed by atoms with Crippen molar-refractivity contribution in [3.63, 3.8) is 0 Å². The van der Waals surface area contributed by atoms with Gasteiger partial charge in [0, 0.05) is 42.8 Å². The van der Waals surface area contributed by atoms with Crippen molar-refractivity contribution >= 4 is 28.3 Å². The molecular weight excluding hydrogens is 360 g/mol. The maximum Gasteiger partial charge on any atom is 0.323 e. The molecule has 0 saturated carbocycles. The lowest BCUT2D eigenvalue weighted by Gasteiger charge is -2.37. The van der Waals surface area contributed by atoms with E-state index in [0.29, 0.717) is 6.04 Å². The van der Waals surface area contributed by atoms with Gasteiger partial charge in [0.05, 0.1) is 5.69 Å². The van der Waals surface area contributed by atoms with Crippen molar-refractivity contribution in [2.45, 2.75) is 51.5 Å². The predicted molar refractivity (Wildman–Crippen MR) is 108 cm³/mol. The lowest BCUT2D eigenvalue weighted by atomic mass is 10.0. The van der Waals surface area contributed by atoms with Gasteiger partial charge >= 0.3 is 6.03 Å². The lowest BCUT2D eigenvalue weighted by Crippen LogP contribution is -2.47. The van der Waals surface area contributed by atoms with Gasteiger partial charge in [-0.05, 0) is 45.4 Å². The number of hydrogen-bond donors (Lipinski definition) is 1. The molecule has 2 aromatic rings. The van der Waals surface area contributed by atoms with Crippen LogP contribution in [0.5, 0.6) is 0 Å². The average molecular weight is 387 g/mol. The van der Waals surface area contributed by atoms with Crippen LogP contribution in [-0.2, 0) is 12.8 Å². The largest absolute Gasteiger partial charge is 0.356 e. The summed E-state index contributed by atoms with van der Waals surface area (Å²) in [6.07, 6.45) is 8.05. The highest BCUT2D eigenvalue weighted by molar-refractivity contribution is 7.15. The van der Waals surface area contributed by atoms with Gasteiger partial charge in [0.25, 0.3) is 0 Å². The van der Waals surface area contributed by atoms with Crippen LogP contribution >= 0.6 is 11.3 Å². The summed E-state index contributed by atoms with van der Waals surface area (Å²) in [6.45, 7) is 3.47. The first-order valence-corrected chi connectivity index (χ1v) is 10.5. The van der Waals surface area contributed by atoms with Crippen LogP contribution in [0.1, 0.15) is 41.9 Å². The number of thiazole rings is 1. The quantitative estimate of drug-likeness (QED) is 0.876. The molecule has 27 heavy (non-hydrogen) atoms. The number of amides is 2. The number of carbonyl (C=O) groups excluding carboxylic acids is 1. The molecule has 1 saturated heterocycles. The number of anilines is 2. The summed E-state index contributed by atoms with van der Waals surface area (Å²) in [5, 5.41) is 3.76. The van der Waals surface area contributed by atoms with Crippen LogP contribution in [0.15, 0.2) is 12.4 Å². The minimum Gasteiger partial charge on any atom is -0.356 e. The average Bonchev–Trinajstić information content (AvgIpc) is 3.09. The highest BCUT2D eigenvalue weighted by Crippen LogP contribution is 2.30. The molecule has 0 atom stereocenters. The van der Waals surface area contributed by atoms with Crippen LogP contribution in [0.25, 0.3) is 0 Å². The summed E-state index contributed by atoms with van der Waals surface area (Å²) in [4.78, 5) is 31.2. The van der Waals surface area contributed by atoms with E-state index in [-0.39, 0.29) is 6.03 Å². The van der Waals surface area contributed by atoms with Crippen molar-refractivity contribution in [3.05, 3.63) is 28.7 Å². The van der Waals surface area contributed by atoms with E-state index in [1.54, 1.807) is 17.7 Å². The summed E-state index contributed by atoms with van der Waals surface area (Å²) >= 11 is 1.64. The number of piperidine rings is 1. The Morgan fingerprint density at radius 3 is 2.78 bits per heavy atom. The zero-order valence-electron chi connectivity index (χ0n) is 15.9. The number of carbonyl (C=O) groups is 1. The minimum atomic E-state index is -0.0277. The molecule has 2 aromatic heterocycles. The van der Waals surface area contributed by atoms with Crippen molar-refractivity contribution in [2.75, 3.05) is 30.4 Å². The summed E-state index contributed by atoms with van der Waals surface area (Å²) < 4.78 is 0. The fraction of sp³-hybridized carbons (Fsp3) is 0.579. The summed E-state index contributed by atoms with van der Waals surface area (Å²) in [6, 6.07) is 2.36. The molecule has 0 aromatic carbocycles. The van der Waals surface area contributed by atoms with Crippen LogP contribution in [0.3, 0.4) is 0 Å². The third kappa shape index (κ3) is 4.05. The van der Waals surface area contributed by atoms with Gasteiger partial charge in [-0.15, -0.1) is 11.3 Å². The molecule has 2 aliphatic rings. The third-order valence-electron chi connectivity index (χ3n) is 5.51. The molecule has 7 nitrogen and oxygen atoms in total. The fourth-order valence-corrected chi connectivity index (χ4v) is 4.89. The molecule has 0 bridgehead atoms. The zero-order valence-corrected chi connectivity index (χ0v) is 16.8. The first-order chi connectivity index (χ1) is 13.1. The van der Waals surface area contributed by atoms with E-state index in [4.69, 9.17) is 0 Å². The molecule has 3 heterocycles. The Bertz CT molecular complexity index is 791. The second-order valence-electron chi connectivity index (χ2n) is 7.37. The van der Waals surface area contributed by atoms with Crippen molar-refractivity contribution in [2.24, 2.45) is 0 Å². The topological polar surface area (TPSA) is 74.2 Å². The van der Waals surface area contributed by atoms with E-state index in [2.05, 4.69) is 32.2 Å². The number of aromatic nitrogens is 3. The van der Waals surface area contributed by atoms with E-state index in [0.717, 1.165) is 55.4 Å². The smallest absolute Gasteiger partial charge is 0.323 e. The first-order valence-electron chi connectivity index (χ1n) is 9.66. The Labute approximate surface area is 163 Å². The minimum absolute atomic E-state index is 0.0277. The van der Waals surface area contributed by atoms with E-state index in [9.17, 15) is 4.79 Å². The second kappa shape index (κ2) is 7.80. The fourth-order valence-electron chi connectivity index (χ4n) is 3.85. The Kier molecular flexibility index (Phi) is 5.24. The molecule has 1 fully saturated rings. The van der Waals surface area contributed by atoms with E-state index < -0.39 is 0 Å². The van der Waals surface area contributed by atoms with Gasteiger partial charge in [-0.1, -0.05) is 0 Å². The lowest BCUT2D eigenvalue weighted by molar-refractivity contribution is 0.194. The number of urea groups is 1. The summed E-state index contributed by atoms with van der Waals surface area (Å²) in [7, 11) is 2.07. The van der Waals surface area contributed by atoms with Crippen molar-refractivity contribution in [1.82, 2.24) is 19.9 Å². The molecule has 1 aliphatic carbocycles. The Hall–Kier alpha value is -2.22. The van der Waals surface area contributed by atoms with Gasteiger partial charge in [-0.2, -0.15) is 0 Å². The van der Waals surface area contributed by atoms with Gasteiger partial charge in [0.1, 0.15) is 12.1 Å². The summed E-state index contributed by atoms with van der Waals surface area (Å²) in [5.74, 6) is 0.943. The van der Waals surface area contributed by atoms with Crippen LogP contribution in [-0.4, -0.2) is 52.1 Å². The maximum atomic E-state index is 12.6. The number of likely N-dealkylation sites (tertiary alicyclic amines) is 1. The standard InChI is InChI=1S/C19H26N6OS/c1-13-11-17(21-12-20-13)24(2)14-7-9-25(10-8-14)19(26)23-18-22-15-5-3-4-6-16(15)27-18/h11-12,14H,3-10H2,1-2H3,(H,22,23,26). The van der Waals surface area contributed by atoms with Crippen LogP contribution in [0.4, 0.5) is 15.7 Å². The molecule has 0 spiro atoms. The normalized spacial score (nSPS) is 17.5. The Balaban J connectivity index is 1.32. The highest BCUT2D eigenvalue weighted by Gasteiger charge is 2.27. The molecule has 1 N–H and O–H groups in total. The molecule has 2 amide bonds. The molecule has 1 aliphatic heterocycles. The third-order valence-corrected chi connectivity index (χ3v) is 6.58. The van der Waals surface area contributed by atoms with Crippen molar-refractivity contribution in [1.29, 1.82) is 0 Å². The zero-order chi connectivity index (χ0) is 18.8. The SMILES string of the molecule is Cc1cc(N(C)C2CCN(C(=O)Nc3nc4c(s3)CCCC4)CC2)ncn1. The number of nitrogens with zero attached hydrogens (tertiary/aromatic N) is 5. The second-order valence-corrected chi connectivity index (χ2v) is 8.46. The molecule has 8 heteroatoms. The molecular formula is C19H26N6OS. The van der Waals surface area contributed by atoms with Gasteiger partial charge in [0.2, 0.25) is 0 Å². The van der Waals surface area contributed by atoms with Gasteiger partial charge in [-0.3, -0.25) is 5.32 Å². The first kappa shape index (κ1) is 18.2. The van der Waals surface area contributed by atoms with Crippen LogP contribution in [0.2, 0.25) is 0 Å². The van der Waals surface area contributed by atoms with Gasteiger partial charge in [-0.25, -0.2) is 19.7 Å². The number of aryl methyl sites for hydroxylation is 3. The van der Waals surface area contributed by atoms with E-state index in [1.165, 1.54) is 23.4 Å². The molecule has 144 valence electrons. The number of nitrogens with one attached hydrogen (secondary N) is 1. The molecule has 0 radical (unpaired) electrons. The van der Waals surface area contributed by atoms with Gasteiger partial charge < -0.3 is 9.80 Å². The highest BCUT2D eigenvalue weighted by atomic mass is 32.1. The van der Waals surface area contributed by atoms with E-state index >= 15 is 0 Å².